The van der Waals surface area contributed by atoms with Crippen LogP contribution in [0.25, 0.3) is 0 Å². The zero-order valence-corrected chi connectivity index (χ0v) is 12.8. The summed E-state index contributed by atoms with van der Waals surface area (Å²) in [6, 6.07) is 0.656. The van der Waals surface area contributed by atoms with Crippen LogP contribution in [0.5, 0.6) is 0 Å². The molecular formula is C16H30N2O. The number of piperidine rings is 1. The summed E-state index contributed by atoms with van der Waals surface area (Å²) in [7, 11) is 0. The smallest absolute Gasteiger partial charge is 0.0655 e. The summed E-state index contributed by atoms with van der Waals surface area (Å²) in [4.78, 5) is 0. The Morgan fingerprint density at radius 1 is 1.26 bits per heavy atom. The molecule has 2 aliphatic carbocycles. The first-order valence-corrected chi connectivity index (χ1v) is 8.14. The topological polar surface area (TPSA) is 33.3 Å². The molecule has 3 aliphatic rings. The molecule has 1 saturated heterocycles. The third kappa shape index (κ3) is 2.45. The molecule has 3 fully saturated rings. The predicted molar refractivity (Wildman–Crippen MR) is 78.2 cm³/mol. The summed E-state index contributed by atoms with van der Waals surface area (Å²) in [6.07, 6.45) is 5.91. The maximum atomic E-state index is 5.81. The number of rotatable bonds is 5. The van der Waals surface area contributed by atoms with E-state index >= 15 is 0 Å². The average Bonchev–Trinajstić information content (AvgIpc) is 3.06. The Hall–Kier alpha value is -0.120. The van der Waals surface area contributed by atoms with Crippen LogP contribution < -0.4 is 10.6 Å². The van der Waals surface area contributed by atoms with Gasteiger partial charge in [-0.1, -0.05) is 13.8 Å². The van der Waals surface area contributed by atoms with Gasteiger partial charge >= 0.3 is 0 Å². The fourth-order valence-electron chi connectivity index (χ4n) is 4.26. The van der Waals surface area contributed by atoms with E-state index in [4.69, 9.17) is 4.74 Å². The zero-order chi connectivity index (χ0) is 13.5. The van der Waals surface area contributed by atoms with Gasteiger partial charge in [-0.2, -0.15) is 0 Å². The molecule has 0 aromatic rings. The van der Waals surface area contributed by atoms with E-state index in [0.717, 1.165) is 12.5 Å². The third-order valence-corrected chi connectivity index (χ3v) is 6.11. The van der Waals surface area contributed by atoms with Gasteiger partial charge in [0.1, 0.15) is 0 Å². The van der Waals surface area contributed by atoms with Gasteiger partial charge in [-0.15, -0.1) is 0 Å². The molecular weight excluding hydrogens is 236 g/mol. The average molecular weight is 266 g/mol. The first-order valence-electron chi connectivity index (χ1n) is 8.14. The summed E-state index contributed by atoms with van der Waals surface area (Å²) in [6.45, 7) is 11.3. The van der Waals surface area contributed by atoms with Crippen LogP contribution in [0.15, 0.2) is 0 Å². The second kappa shape index (κ2) is 5.01. The molecule has 3 unspecified atom stereocenters. The molecule has 3 heteroatoms. The van der Waals surface area contributed by atoms with Crippen molar-refractivity contribution < 1.29 is 4.74 Å². The van der Waals surface area contributed by atoms with E-state index in [9.17, 15) is 0 Å². The van der Waals surface area contributed by atoms with Gasteiger partial charge in [0.15, 0.2) is 0 Å². The lowest BCUT2D eigenvalue weighted by Gasteiger charge is -2.52. The second-order valence-corrected chi connectivity index (χ2v) is 7.48. The number of hydrogen-bond acceptors (Lipinski definition) is 3. The van der Waals surface area contributed by atoms with Crippen molar-refractivity contribution in [3.05, 3.63) is 0 Å². The first kappa shape index (κ1) is 13.8. The van der Waals surface area contributed by atoms with E-state index < -0.39 is 0 Å². The van der Waals surface area contributed by atoms with Gasteiger partial charge in [0.25, 0.3) is 0 Å². The van der Waals surface area contributed by atoms with Gasteiger partial charge in [0.2, 0.25) is 0 Å². The van der Waals surface area contributed by atoms with Crippen molar-refractivity contribution in [2.75, 3.05) is 26.2 Å². The molecule has 1 heterocycles. The van der Waals surface area contributed by atoms with Crippen LogP contribution in [0.4, 0.5) is 0 Å². The molecule has 0 aromatic heterocycles. The van der Waals surface area contributed by atoms with Crippen molar-refractivity contribution >= 4 is 0 Å². The summed E-state index contributed by atoms with van der Waals surface area (Å²) >= 11 is 0. The van der Waals surface area contributed by atoms with Gasteiger partial charge in [-0.05, 0) is 63.6 Å². The molecule has 0 amide bonds. The Morgan fingerprint density at radius 2 is 2.00 bits per heavy atom. The van der Waals surface area contributed by atoms with Crippen molar-refractivity contribution in [3.63, 3.8) is 0 Å². The van der Waals surface area contributed by atoms with Crippen molar-refractivity contribution in [3.8, 4) is 0 Å². The highest BCUT2D eigenvalue weighted by molar-refractivity contribution is 5.08. The maximum Gasteiger partial charge on any atom is 0.0655 e. The standard InChI is InChI=1S/C16H30N2O/c1-4-19-14-9-13(15(14,2)3)18-11-12-10-16(12)5-7-17-8-6-16/h12-14,17-18H,4-11H2,1-3H3. The van der Waals surface area contributed by atoms with Crippen LogP contribution in [-0.4, -0.2) is 38.4 Å². The minimum Gasteiger partial charge on any atom is -0.378 e. The van der Waals surface area contributed by atoms with Crippen LogP contribution in [0, 0.1) is 16.7 Å². The molecule has 110 valence electrons. The molecule has 2 N–H and O–H groups in total. The molecule has 1 aliphatic heterocycles. The van der Waals surface area contributed by atoms with Crippen LogP contribution in [-0.2, 0) is 4.74 Å². The Labute approximate surface area is 117 Å². The van der Waals surface area contributed by atoms with Gasteiger partial charge in [-0.25, -0.2) is 0 Å². The maximum absolute atomic E-state index is 5.81. The second-order valence-electron chi connectivity index (χ2n) is 7.48. The van der Waals surface area contributed by atoms with Gasteiger partial charge in [-0.3, -0.25) is 0 Å². The summed E-state index contributed by atoms with van der Waals surface area (Å²) in [5.41, 5.74) is 1.03. The number of hydrogen-bond donors (Lipinski definition) is 2. The molecule has 0 radical (unpaired) electrons. The molecule has 0 bridgehead atoms. The normalized spacial score (nSPS) is 39.0. The number of ether oxygens (including phenoxy) is 1. The molecule has 0 aromatic carbocycles. The molecule has 19 heavy (non-hydrogen) atoms. The van der Waals surface area contributed by atoms with E-state index in [2.05, 4.69) is 31.4 Å². The fourth-order valence-corrected chi connectivity index (χ4v) is 4.26. The Kier molecular flexibility index (Phi) is 3.65. The van der Waals surface area contributed by atoms with Gasteiger partial charge in [0, 0.05) is 18.1 Å². The molecule has 2 saturated carbocycles. The van der Waals surface area contributed by atoms with E-state index in [1.807, 2.05) is 0 Å². The summed E-state index contributed by atoms with van der Waals surface area (Å²) in [5, 5.41) is 7.31. The Balaban J connectivity index is 1.42. The van der Waals surface area contributed by atoms with Gasteiger partial charge < -0.3 is 15.4 Å². The SMILES string of the molecule is CCOC1CC(NCC2CC23CCNCC3)C1(C)C. The molecule has 3 rings (SSSR count). The van der Waals surface area contributed by atoms with Crippen LogP contribution >= 0.6 is 0 Å². The molecule has 3 atom stereocenters. The number of nitrogens with one attached hydrogen (secondary N) is 2. The van der Waals surface area contributed by atoms with E-state index in [1.165, 1.54) is 45.3 Å². The quantitative estimate of drug-likeness (QED) is 0.800. The lowest BCUT2D eigenvalue weighted by Crippen LogP contribution is -2.61. The minimum absolute atomic E-state index is 0.312. The van der Waals surface area contributed by atoms with Crippen LogP contribution in [0.3, 0.4) is 0 Å². The lowest BCUT2D eigenvalue weighted by atomic mass is 9.64. The summed E-state index contributed by atoms with van der Waals surface area (Å²) < 4.78 is 5.81. The van der Waals surface area contributed by atoms with Gasteiger partial charge in [0.05, 0.1) is 6.10 Å². The largest absolute Gasteiger partial charge is 0.378 e. The Morgan fingerprint density at radius 3 is 2.63 bits per heavy atom. The zero-order valence-electron chi connectivity index (χ0n) is 12.8. The van der Waals surface area contributed by atoms with Crippen LogP contribution in [0.2, 0.25) is 0 Å². The highest BCUT2D eigenvalue weighted by atomic mass is 16.5. The van der Waals surface area contributed by atoms with Crippen molar-refractivity contribution in [2.45, 2.75) is 58.6 Å². The highest BCUT2D eigenvalue weighted by Crippen LogP contribution is 2.58. The predicted octanol–water partition coefficient (Wildman–Crippen LogP) is 2.17. The molecule has 1 spiro atoms. The van der Waals surface area contributed by atoms with Crippen molar-refractivity contribution in [2.24, 2.45) is 16.7 Å². The first-order chi connectivity index (χ1) is 9.08. The summed E-state index contributed by atoms with van der Waals surface area (Å²) in [5.74, 6) is 0.941. The van der Waals surface area contributed by atoms with E-state index in [0.29, 0.717) is 23.0 Å². The molecule has 3 nitrogen and oxygen atoms in total. The minimum atomic E-state index is 0.312. The fraction of sp³-hybridized carbons (Fsp3) is 1.00. The van der Waals surface area contributed by atoms with E-state index in [1.54, 1.807) is 0 Å². The highest BCUT2D eigenvalue weighted by Gasteiger charge is 2.55. The van der Waals surface area contributed by atoms with Crippen molar-refractivity contribution in [1.29, 1.82) is 0 Å². The van der Waals surface area contributed by atoms with E-state index in [-0.39, 0.29) is 0 Å². The van der Waals surface area contributed by atoms with Crippen LogP contribution in [0.1, 0.15) is 46.5 Å². The van der Waals surface area contributed by atoms with Crippen molar-refractivity contribution in [1.82, 2.24) is 10.6 Å². The monoisotopic (exact) mass is 266 g/mol. The lowest BCUT2D eigenvalue weighted by molar-refractivity contribution is -0.114. The third-order valence-electron chi connectivity index (χ3n) is 6.11. The Bertz CT molecular complexity index is 323.